The van der Waals surface area contributed by atoms with Crippen LogP contribution in [-0.2, 0) is 65.4 Å². The van der Waals surface area contributed by atoms with Gasteiger partial charge in [0.25, 0.3) is 0 Å². The normalized spacial score (nSPS) is 14.3. The van der Waals surface area contributed by atoms with Crippen molar-refractivity contribution in [3.63, 3.8) is 0 Å². The van der Waals surface area contributed by atoms with Gasteiger partial charge in [-0.25, -0.2) is 9.13 Å². The van der Waals surface area contributed by atoms with Gasteiger partial charge in [-0.2, -0.15) is 0 Å². The molecule has 0 saturated carbocycles. The van der Waals surface area contributed by atoms with E-state index in [9.17, 15) is 43.2 Å². The molecule has 0 radical (unpaired) electrons. The van der Waals surface area contributed by atoms with Gasteiger partial charge in [-0.05, 0) is 37.5 Å². The lowest BCUT2D eigenvalue weighted by atomic mass is 10.00. The third-order valence-electron chi connectivity index (χ3n) is 18.3. The number of aliphatic hydroxyl groups excluding tert-OH is 1. The second-order valence-electron chi connectivity index (χ2n) is 28.5. The summed E-state index contributed by atoms with van der Waals surface area (Å²) in [5.74, 6) is -0.574. The number of rotatable bonds is 76. The summed E-state index contributed by atoms with van der Waals surface area (Å²) in [6.07, 6.45) is 56.9. The predicted molar refractivity (Wildman–Crippen MR) is 391 cm³/mol. The van der Waals surface area contributed by atoms with Crippen LogP contribution in [0.3, 0.4) is 0 Å². The summed E-state index contributed by atoms with van der Waals surface area (Å²) in [6, 6.07) is 0. The molecule has 0 aliphatic heterocycles. The molecule has 6 atom stereocenters. The summed E-state index contributed by atoms with van der Waals surface area (Å²) in [7, 11) is -9.91. The Morgan fingerprint density at radius 1 is 0.302 bits per heavy atom. The zero-order chi connectivity index (χ0) is 70.7. The van der Waals surface area contributed by atoms with Crippen molar-refractivity contribution in [3.8, 4) is 0 Å². The highest BCUT2D eigenvalue weighted by Gasteiger charge is 2.30. The molecule has 0 rings (SSSR count). The average Bonchev–Trinajstić information content (AvgIpc) is 1.31. The molecule has 0 aliphatic carbocycles. The van der Waals surface area contributed by atoms with Crippen molar-refractivity contribution in [2.75, 3.05) is 39.6 Å². The lowest BCUT2D eigenvalue weighted by Crippen LogP contribution is -2.30. The highest BCUT2D eigenvalue weighted by molar-refractivity contribution is 7.47. The van der Waals surface area contributed by atoms with Crippen LogP contribution in [0.25, 0.3) is 0 Å². The second-order valence-corrected chi connectivity index (χ2v) is 31.4. The van der Waals surface area contributed by atoms with E-state index in [0.29, 0.717) is 25.7 Å². The maximum absolute atomic E-state index is 13.1. The molecule has 0 aromatic rings. The van der Waals surface area contributed by atoms with Crippen LogP contribution in [-0.4, -0.2) is 96.7 Å². The molecule has 0 amide bonds. The first-order chi connectivity index (χ1) is 46.4. The van der Waals surface area contributed by atoms with Gasteiger partial charge in [0, 0.05) is 25.7 Å². The maximum atomic E-state index is 13.1. The number of phosphoric acid groups is 2. The van der Waals surface area contributed by atoms with Gasteiger partial charge in [-0.1, -0.05) is 350 Å². The molecule has 0 fully saturated rings. The molecule has 0 saturated heterocycles. The summed E-state index contributed by atoms with van der Waals surface area (Å²) >= 11 is 0. The second kappa shape index (κ2) is 68.8. The summed E-state index contributed by atoms with van der Waals surface area (Å²) < 4.78 is 68.5. The Labute approximate surface area is 588 Å². The van der Waals surface area contributed by atoms with Crippen molar-refractivity contribution < 1.29 is 80.2 Å². The molecule has 19 heteroatoms. The molecule has 0 aromatic heterocycles. The molecule has 570 valence electrons. The average molecular weight is 1410 g/mol. The van der Waals surface area contributed by atoms with Crippen molar-refractivity contribution in [1.82, 2.24) is 0 Å². The number of unbranched alkanes of at least 4 members (excludes halogenated alkanes) is 45. The van der Waals surface area contributed by atoms with E-state index in [1.165, 1.54) is 212 Å². The lowest BCUT2D eigenvalue weighted by Gasteiger charge is -2.21. The summed E-state index contributed by atoms with van der Waals surface area (Å²) in [4.78, 5) is 72.8. The minimum absolute atomic E-state index is 0.106. The van der Waals surface area contributed by atoms with Gasteiger partial charge >= 0.3 is 39.5 Å². The first kappa shape index (κ1) is 94.1. The molecule has 0 heterocycles. The molecule has 17 nitrogen and oxygen atoms in total. The fourth-order valence-corrected chi connectivity index (χ4v) is 13.4. The summed E-state index contributed by atoms with van der Waals surface area (Å²) in [5, 5.41) is 10.6. The van der Waals surface area contributed by atoms with E-state index in [1.807, 2.05) is 0 Å². The highest BCUT2D eigenvalue weighted by Crippen LogP contribution is 2.45. The zero-order valence-corrected chi connectivity index (χ0v) is 64.5. The van der Waals surface area contributed by atoms with Crippen molar-refractivity contribution in [2.24, 2.45) is 11.8 Å². The molecule has 0 aliphatic rings. The van der Waals surface area contributed by atoms with Crippen LogP contribution < -0.4 is 0 Å². The number of carbonyl (C=O) groups is 4. The Kier molecular flexibility index (Phi) is 67.4. The van der Waals surface area contributed by atoms with Gasteiger partial charge in [0.2, 0.25) is 0 Å². The van der Waals surface area contributed by atoms with E-state index in [-0.39, 0.29) is 25.7 Å². The lowest BCUT2D eigenvalue weighted by molar-refractivity contribution is -0.161. The quantitative estimate of drug-likeness (QED) is 0.0222. The number of esters is 4. The number of aliphatic hydroxyl groups is 1. The standard InChI is InChI=1S/C77H150O17P2/c1-7-10-12-14-16-18-20-21-22-26-29-33-36-40-47-53-59-74(79)87-65-72(93-77(82)62-56-50-42-38-34-30-27-24-23-25-28-32-35-39-45-51-57-69(4)5)67-91-95(83,84)89-63-71(78)64-90-96(85,86)92-68-73(66-88-75(80)60-54-48-44-43-46-52-58-70(6)9-3)94-76(81)61-55-49-41-37-31-19-17-15-13-11-8-2/h69-73,78H,7-68H2,1-6H3,(H,83,84)(H,85,86)/t70?,71-,72-,73-/m1/s1. The SMILES string of the molecule is CCCCCCCCCCCCCCCCCCC(=O)OC[C@H](COP(=O)(O)OC[C@@H](O)COP(=O)(O)OC[C@@H](COC(=O)CCCCCCCCC(C)CC)OC(=O)CCCCCCCCCCCCC)OC(=O)CCCCCCCCCCCCCCCCCCC(C)C. The van der Waals surface area contributed by atoms with E-state index in [2.05, 4.69) is 41.5 Å². The molecule has 3 unspecified atom stereocenters. The van der Waals surface area contributed by atoms with Crippen molar-refractivity contribution in [2.45, 2.75) is 419 Å². The van der Waals surface area contributed by atoms with Crippen molar-refractivity contribution in [3.05, 3.63) is 0 Å². The summed E-state index contributed by atoms with van der Waals surface area (Å²) in [6.45, 7) is 9.59. The Bertz CT molecular complexity index is 1860. The Hall–Kier alpha value is -1.94. The Morgan fingerprint density at radius 3 is 0.792 bits per heavy atom. The van der Waals surface area contributed by atoms with Crippen LogP contribution in [0.4, 0.5) is 0 Å². The van der Waals surface area contributed by atoms with Crippen LogP contribution in [0.2, 0.25) is 0 Å². The van der Waals surface area contributed by atoms with E-state index < -0.39 is 97.5 Å². The van der Waals surface area contributed by atoms with Crippen molar-refractivity contribution in [1.29, 1.82) is 0 Å². The van der Waals surface area contributed by atoms with E-state index in [0.717, 1.165) is 108 Å². The van der Waals surface area contributed by atoms with Gasteiger partial charge in [-0.3, -0.25) is 37.3 Å². The topological polar surface area (TPSA) is 237 Å². The predicted octanol–water partition coefficient (Wildman–Crippen LogP) is 22.7. The molecule has 0 spiro atoms. The van der Waals surface area contributed by atoms with Crippen LogP contribution in [0.1, 0.15) is 401 Å². The fraction of sp³-hybridized carbons (Fsp3) is 0.948. The number of ether oxygens (including phenoxy) is 4. The summed E-state index contributed by atoms with van der Waals surface area (Å²) in [5.41, 5.74) is 0. The number of carbonyl (C=O) groups excluding carboxylic acids is 4. The first-order valence-corrected chi connectivity index (χ1v) is 43.0. The Morgan fingerprint density at radius 2 is 0.531 bits per heavy atom. The first-order valence-electron chi connectivity index (χ1n) is 40.0. The third kappa shape index (κ3) is 69.2. The molecule has 96 heavy (non-hydrogen) atoms. The van der Waals surface area contributed by atoms with Crippen LogP contribution in [0, 0.1) is 11.8 Å². The largest absolute Gasteiger partial charge is 0.472 e. The monoisotopic (exact) mass is 1410 g/mol. The van der Waals surface area contributed by atoms with Crippen LogP contribution >= 0.6 is 15.6 Å². The van der Waals surface area contributed by atoms with Gasteiger partial charge < -0.3 is 33.8 Å². The Balaban J connectivity index is 5.23. The van der Waals surface area contributed by atoms with Gasteiger partial charge in [0.1, 0.15) is 19.3 Å². The number of hydrogen-bond donors (Lipinski definition) is 3. The van der Waals surface area contributed by atoms with Crippen LogP contribution in [0.5, 0.6) is 0 Å². The van der Waals surface area contributed by atoms with E-state index in [1.54, 1.807) is 0 Å². The number of phosphoric ester groups is 2. The molecule has 0 bridgehead atoms. The minimum atomic E-state index is -4.96. The van der Waals surface area contributed by atoms with E-state index >= 15 is 0 Å². The van der Waals surface area contributed by atoms with E-state index in [4.69, 9.17) is 37.0 Å². The zero-order valence-electron chi connectivity index (χ0n) is 62.7. The molecule has 3 N–H and O–H groups in total. The smallest absolute Gasteiger partial charge is 0.462 e. The number of hydrogen-bond acceptors (Lipinski definition) is 15. The minimum Gasteiger partial charge on any atom is -0.462 e. The molecular formula is C77H150O17P2. The van der Waals surface area contributed by atoms with Gasteiger partial charge in [-0.15, -0.1) is 0 Å². The fourth-order valence-electron chi connectivity index (χ4n) is 11.8. The highest BCUT2D eigenvalue weighted by atomic mass is 31.2. The molecule has 0 aromatic carbocycles. The molecular weight excluding hydrogens is 1260 g/mol. The van der Waals surface area contributed by atoms with Crippen LogP contribution in [0.15, 0.2) is 0 Å². The third-order valence-corrected chi connectivity index (χ3v) is 20.2. The van der Waals surface area contributed by atoms with Gasteiger partial charge in [0.15, 0.2) is 12.2 Å². The van der Waals surface area contributed by atoms with Crippen molar-refractivity contribution >= 4 is 39.5 Å². The maximum Gasteiger partial charge on any atom is 0.472 e. The van der Waals surface area contributed by atoms with Gasteiger partial charge in [0.05, 0.1) is 26.4 Å².